The first-order valence-corrected chi connectivity index (χ1v) is 6.36. The van der Waals surface area contributed by atoms with E-state index in [9.17, 15) is 14.9 Å². The van der Waals surface area contributed by atoms with Crippen molar-refractivity contribution in [1.82, 2.24) is 10.2 Å². The summed E-state index contributed by atoms with van der Waals surface area (Å²) in [5.74, 6) is -0.210. The van der Waals surface area contributed by atoms with Gasteiger partial charge in [-0.1, -0.05) is 6.07 Å². The Kier molecular flexibility index (Phi) is 4.19. The van der Waals surface area contributed by atoms with Gasteiger partial charge in [0.05, 0.1) is 17.6 Å². The molecule has 1 heterocycles. The Morgan fingerprint density at radius 1 is 1.55 bits per heavy atom. The Morgan fingerprint density at radius 2 is 2.30 bits per heavy atom. The molecule has 7 nitrogen and oxygen atoms in total. The van der Waals surface area contributed by atoms with Crippen molar-refractivity contribution in [3.05, 3.63) is 33.9 Å². The third kappa shape index (κ3) is 2.57. The maximum atomic E-state index is 12.5. The number of likely N-dealkylation sites (tertiary alicyclic amines) is 1. The number of nitrogens with zero attached hydrogens (tertiary/aromatic N) is 2. The lowest BCUT2D eigenvalue weighted by atomic mass is 10.1. The van der Waals surface area contributed by atoms with Gasteiger partial charge in [0, 0.05) is 25.2 Å². The molecule has 108 valence electrons. The van der Waals surface area contributed by atoms with Crippen LogP contribution in [0.25, 0.3) is 0 Å². The first-order chi connectivity index (χ1) is 9.58. The average Bonchev–Trinajstić information content (AvgIpc) is 2.94. The van der Waals surface area contributed by atoms with E-state index in [1.807, 2.05) is 7.05 Å². The molecule has 0 bridgehead atoms. The standard InChI is InChI=1S/C13H17N3O4/c1-14-9-6-7-15(8-9)13(17)10-4-3-5-11(16(18)19)12(10)20-2/h3-5,9,14H,6-8H2,1-2H3. The van der Waals surface area contributed by atoms with Gasteiger partial charge in [-0.2, -0.15) is 0 Å². The Labute approximate surface area is 116 Å². The summed E-state index contributed by atoms with van der Waals surface area (Å²) in [6.45, 7) is 1.23. The number of methoxy groups -OCH3 is 1. The van der Waals surface area contributed by atoms with Crippen LogP contribution in [0.1, 0.15) is 16.8 Å². The van der Waals surface area contributed by atoms with E-state index in [-0.39, 0.29) is 28.9 Å². The number of amides is 1. The van der Waals surface area contributed by atoms with E-state index in [0.717, 1.165) is 6.42 Å². The third-order valence-electron chi connectivity index (χ3n) is 3.51. The number of nitro groups is 1. The molecular weight excluding hydrogens is 262 g/mol. The summed E-state index contributed by atoms with van der Waals surface area (Å²) >= 11 is 0. The predicted octanol–water partition coefficient (Wildman–Crippen LogP) is 1.04. The van der Waals surface area contributed by atoms with Crippen LogP contribution in [0.2, 0.25) is 0 Å². The quantitative estimate of drug-likeness (QED) is 0.657. The number of nitrogens with one attached hydrogen (secondary N) is 1. The van der Waals surface area contributed by atoms with E-state index in [4.69, 9.17) is 4.74 Å². The van der Waals surface area contributed by atoms with Crippen LogP contribution in [0.15, 0.2) is 18.2 Å². The molecule has 1 unspecified atom stereocenters. The molecule has 1 aromatic rings. The average molecular weight is 279 g/mol. The van der Waals surface area contributed by atoms with Crippen LogP contribution < -0.4 is 10.1 Å². The highest BCUT2D eigenvalue weighted by Crippen LogP contribution is 2.31. The molecule has 0 aromatic heterocycles. The van der Waals surface area contributed by atoms with Gasteiger partial charge in [0.2, 0.25) is 5.75 Å². The molecule has 1 amide bonds. The van der Waals surface area contributed by atoms with Crippen molar-refractivity contribution in [2.45, 2.75) is 12.5 Å². The number of rotatable bonds is 4. The fourth-order valence-corrected chi connectivity index (χ4v) is 2.40. The first-order valence-electron chi connectivity index (χ1n) is 6.36. The van der Waals surface area contributed by atoms with Crippen molar-refractivity contribution in [1.29, 1.82) is 0 Å². The molecular formula is C13H17N3O4. The molecule has 1 aliphatic heterocycles. The molecule has 1 aromatic carbocycles. The van der Waals surface area contributed by atoms with Gasteiger partial charge in [-0.05, 0) is 19.5 Å². The van der Waals surface area contributed by atoms with Gasteiger partial charge in [-0.3, -0.25) is 14.9 Å². The van der Waals surface area contributed by atoms with Crippen LogP contribution in [-0.4, -0.2) is 49.0 Å². The van der Waals surface area contributed by atoms with Gasteiger partial charge in [0.1, 0.15) is 0 Å². The second-order valence-corrected chi connectivity index (χ2v) is 4.64. The van der Waals surface area contributed by atoms with Gasteiger partial charge in [-0.25, -0.2) is 0 Å². The molecule has 1 fully saturated rings. The molecule has 1 atom stereocenters. The molecule has 0 saturated carbocycles. The Morgan fingerprint density at radius 3 is 2.85 bits per heavy atom. The lowest BCUT2D eigenvalue weighted by molar-refractivity contribution is -0.385. The van der Waals surface area contributed by atoms with E-state index in [1.54, 1.807) is 11.0 Å². The molecule has 7 heteroatoms. The fraction of sp³-hybridized carbons (Fsp3) is 0.462. The fourth-order valence-electron chi connectivity index (χ4n) is 2.40. The van der Waals surface area contributed by atoms with Crippen molar-refractivity contribution in [3.8, 4) is 5.75 Å². The minimum atomic E-state index is -0.546. The van der Waals surface area contributed by atoms with E-state index in [1.165, 1.54) is 19.2 Å². The van der Waals surface area contributed by atoms with E-state index < -0.39 is 4.92 Å². The van der Waals surface area contributed by atoms with Crippen LogP contribution in [0, 0.1) is 10.1 Å². The molecule has 0 spiro atoms. The lowest BCUT2D eigenvalue weighted by Crippen LogP contribution is -2.33. The number of carbonyl (C=O) groups is 1. The highest BCUT2D eigenvalue weighted by molar-refractivity contribution is 5.98. The summed E-state index contributed by atoms with van der Waals surface area (Å²) in [5.41, 5.74) is 0.0427. The minimum absolute atomic E-state index is 0.0235. The summed E-state index contributed by atoms with van der Waals surface area (Å²) in [4.78, 5) is 24.6. The highest BCUT2D eigenvalue weighted by atomic mass is 16.6. The molecule has 20 heavy (non-hydrogen) atoms. The smallest absolute Gasteiger partial charge is 0.311 e. The third-order valence-corrected chi connectivity index (χ3v) is 3.51. The highest BCUT2D eigenvalue weighted by Gasteiger charge is 2.30. The topological polar surface area (TPSA) is 84.7 Å². The monoisotopic (exact) mass is 279 g/mol. The number of ether oxygens (including phenoxy) is 1. The van der Waals surface area contributed by atoms with Gasteiger partial charge in [0.15, 0.2) is 0 Å². The van der Waals surface area contributed by atoms with Gasteiger partial charge in [0.25, 0.3) is 5.91 Å². The van der Waals surface area contributed by atoms with Crippen molar-refractivity contribution in [2.75, 3.05) is 27.2 Å². The van der Waals surface area contributed by atoms with Gasteiger partial charge < -0.3 is 15.0 Å². The number of benzene rings is 1. The van der Waals surface area contributed by atoms with Crippen molar-refractivity contribution >= 4 is 11.6 Å². The predicted molar refractivity (Wildman–Crippen MR) is 73.0 cm³/mol. The number of hydrogen-bond donors (Lipinski definition) is 1. The number of carbonyl (C=O) groups excluding carboxylic acids is 1. The zero-order valence-corrected chi connectivity index (χ0v) is 11.5. The number of para-hydroxylation sites is 1. The summed E-state index contributed by atoms with van der Waals surface area (Å²) in [5, 5.41) is 14.1. The summed E-state index contributed by atoms with van der Waals surface area (Å²) < 4.78 is 5.07. The number of nitro benzene ring substituents is 1. The molecule has 1 saturated heterocycles. The summed E-state index contributed by atoms with van der Waals surface area (Å²) in [6, 6.07) is 4.65. The number of hydrogen-bond acceptors (Lipinski definition) is 5. The second-order valence-electron chi connectivity index (χ2n) is 4.64. The number of likely N-dealkylation sites (N-methyl/N-ethyl adjacent to an activating group) is 1. The largest absolute Gasteiger partial charge is 0.490 e. The molecule has 0 radical (unpaired) electrons. The lowest BCUT2D eigenvalue weighted by Gasteiger charge is -2.17. The first kappa shape index (κ1) is 14.3. The summed E-state index contributed by atoms with van der Waals surface area (Å²) in [6.07, 6.45) is 0.874. The summed E-state index contributed by atoms with van der Waals surface area (Å²) in [7, 11) is 3.19. The van der Waals surface area contributed by atoms with Crippen molar-refractivity contribution < 1.29 is 14.5 Å². The Balaban J connectivity index is 2.31. The van der Waals surface area contributed by atoms with Crippen LogP contribution in [0.4, 0.5) is 5.69 Å². The van der Waals surface area contributed by atoms with Crippen molar-refractivity contribution in [3.63, 3.8) is 0 Å². The van der Waals surface area contributed by atoms with Crippen LogP contribution >= 0.6 is 0 Å². The Hall–Kier alpha value is -2.15. The van der Waals surface area contributed by atoms with E-state index in [2.05, 4.69) is 5.32 Å². The molecule has 2 rings (SSSR count). The molecule has 0 aliphatic carbocycles. The van der Waals surface area contributed by atoms with Gasteiger partial charge in [-0.15, -0.1) is 0 Å². The van der Waals surface area contributed by atoms with E-state index >= 15 is 0 Å². The van der Waals surface area contributed by atoms with E-state index in [0.29, 0.717) is 13.1 Å². The molecule has 1 aliphatic rings. The normalized spacial score (nSPS) is 18.1. The maximum Gasteiger partial charge on any atom is 0.311 e. The molecule has 1 N–H and O–H groups in total. The van der Waals surface area contributed by atoms with Crippen LogP contribution in [-0.2, 0) is 0 Å². The Bertz CT molecular complexity index is 532. The van der Waals surface area contributed by atoms with Crippen LogP contribution in [0.5, 0.6) is 5.75 Å². The second kappa shape index (κ2) is 5.87. The minimum Gasteiger partial charge on any atom is -0.490 e. The van der Waals surface area contributed by atoms with Crippen molar-refractivity contribution in [2.24, 2.45) is 0 Å². The van der Waals surface area contributed by atoms with Crippen LogP contribution in [0.3, 0.4) is 0 Å². The maximum absolute atomic E-state index is 12.5. The van der Waals surface area contributed by atoms with Gasteiger partial charge >= 0.3 is 5.69 Å². The zero-order chi connectivity index (χ0) is 14.7. The SMILES string of the molecule is CNC1CCN(C(=O)c2cccc([N+](=O)[O-])c2OC)C1. The zero-order valence-electron chi connectivity index (χ0n) is 11.5.